The van der Waals surface area contributed by atoms with E-state index < -0.39 is 0 Å². The fourth-order valence-corrected chi connectivity index (χ4v) is 2.45. The summed E-state index contributed by atoms with van der Waals surface area (Å²) in [7, 11) is 0. The highest BCUT2D eigenvalue weighted by atomic mass is 127. The van der Waals surface area contributed by atoms with Crippen molar-refractivity contribution in [1.29, 1.82) is 0 Å². The molecule has 0 spiro atoms. The lowest BCUT2D eigenvalue weighted by atomic mass is 10.00. The van der Waals surface area contributed by atoms with Crippen LogP contribution in [0.25, 0.3) is 0 Å². The van der Waals surface area contributed by atoms with E-state index in [-0.39, 0.29) is 11.9 Å². The highest BCUT2D eigenvalue weighted by Crippen LogP contribution is 2.27. The summed E-state index contributed by atoms with van der Waals surface area (Å²) in [5.74, 6) is -0.262. The van der Waals surface area contributed by atoms with E-state index in [1.54, 1.807) is 12.1 Å². The van der Waals surface area contributed by atoms with Crippen LogP contribution in [0, 0.1) is 9.39 Å². The summed E-state index contributed by atoms with van der Waals surface area (Å²) in [5.41, 5.74) is 7.97. The lowest BCUT2D eigenvalue weighted by Gasteiger charge is -2.14. The highest BCUT2D eigenvalue weighted by molar-refractivity contribution is 14.1. The van der Waals surface area contributed by atoms with Crippen molar-refractivity contribution in [3.63, 3.8) is 0 Å². The van der Waals surface area contributed by atoms with E-state index in [0.29, 0.717) is 5.02 Å². The summed E-state index contributed by atoms with van der Waals surface area (Å²) in [4.78, 5) is 0. The molecule has 1 unspecified atom stereocenters. The van der Waals surface area contributed by atoms with Crippen LogP contribution in [-0.4, -0.2) is 0 Å². The molecule has 0 heterocycles. The van der Waals surface area contributed by atoms with Crippen LogP contribution < -0.4 is 5.73 Å². The minimum absolute atomic E-state index is 0.262. The van der Waals surface area contributed by atoms with Crippen molar-refractivity contribution in [2.75, 3.05) is 0 Å². The first-order valence-electron chi connectivity index (χ1n) is 5.04. The second-order valence-corrected chi connectivity index (χ2v) is 5.29. The molecule has 2 N–H and O–H groups in total. The molecule has 0 radical (unpaired) electrons. The zero-order valence-corrected chi connectivity index (χ0v) is 11.7. The van der Waals surface area contributed by atoms with Gasteiger partial charge in [-0.3, -0.25) is 0 Å². The molecule has 88 valence electrons. The van der Waals surface area contributed by atoms with E-state index in [0.717, 1.165) is 14.7 Å². The summed E-state index contributed by atoms with van der Waals surface area (Å²) >= 11 is 8.17. The third-order valence-electron chi connectivity index (χ3n) is 2.52. The molecule has 1 atom stereocenters. The van der Waals surface area contributed by atoms with Gasteiger partial charge in [-0.05, 0) is 64.0 Å². The standard InChI is InChI=1S/C13H10ClFIN/c14-9-3-6-12(16)11(7-9)13(17)8-1-4-10(15)5-2-8/h1-7,13H,17H2. The molecule has 0 amide bonds. The Kier molecular flexibility index (Phi) is 4.01. The Hall–Kier alpha value is -0.650. The van der Waals surface area contributed by atoms with Crippen molar-refractivity contribution in [2.45, 2.75) is 6.04 Å². The summed E-state index contributed by atoms with van der Waals surface area (Å²) in [6, 6.07) is 11.5. The lowest BCUT2D eigenvalue weighted by molar-refractivity contribution is 0.626. The van der Waals surface area contributed by atoms with E-state index in [1.807, 2.05) is 18.2 Å². The Balaban J connectivity index is 2.39. The molecule has 0 aliphatic rings. The van der Waals surface area contributed by atoms with Crippen LogP contribution in [0.15, 0.2) is 42.5 Å². The maximum atomic E-state index is 12.8. The number of rotatable bonds is 2. The molecular formula is C13H10ClFIN. The van der Waals surface area contributed by atoms with Gasteiger partial charge in [-0.25, -0.2) is 4.39 Å². The third-order valence-corrected chi connectivity index (χ3v) is 3.74. The Morgan fingerprint density at radius 2 is 1.76 bits per heavy atom. The lowest BCUT2D eigenvalue weighted by Crippen LogP contribution is -2.13. The van der Waals surface area contributed by atoms with Gasteiger partial charge in [-0.15, -0.1) is 0 Å². The van der Waals surface area contributed by atoms with Crippen LogP contribution in [0.2, 0.25) is 5.02 Å². The molecule has 17 heavy (non-hydrogen) atoms. The highest BCUT2D eigenvalue weighted by Gasteiger charge is 2.12. The normalized spacial score (nSPS) is 12.5. The van der Waals surface area contributed by atoms with Gasteiger partial charge in [0.2, 0.25) is 0 Å². The van der Waals surface area contributed by atoms with Gasteiger partial charge in [0.1, 0.15) is 5.82 Å². The second kappa shape index (κ2) is 5.33. The van der Waals surface area contributed by atoms with Crippen LogP contribution in [0.5, 0.6) is 0 Å². The van der Waals surface area contributed by atoms with Gasteiger partial charge < -0.3 is 5.73 Å². The van der Waals surface area contributed by atoms with Gasteiger partial charge in [0.25, 0.3) is 0 Å². The van der Waals surface area contributed by atoms with Gasteiger partial charge >= 0.3 is 0 Å². The molecule has 0 aliphatic carbocycles. The number of halogens is 3. The number of nitrogens with two attached hydrogens (primary N) is 1. The molecule has 0 saturated carbocycles. The molecule has 0 saturated heterocycles. The van der Waals surface area contributed by atoms with E-state index in [9.17, 15) is 4.39 Å². The van der Waals surface area contributed by atoms with E-state index in [2.05, 4.69) is 22.6 Å². The molecule has 0 bridgehead atoms. The number of hydrogen-bond donors (Lipinski definition) is 1. The average molecular weight is 362 g/mol. The molecule has 2 aromatic carbocycles. The summed E-state index contributed by atoms with van der Waals surface area (Å²) < 4.78 is 13.9. The van der Waals surface area contributed by atoms with Gasteiger partial charge in [-0.2, -0.15) is 0 Å². The number of benzene rings is 2. The van der Waals surface area contributed by atoms with E-state index >= 15 is 0 Å². The van der Waals surface area contributed by atoms with Crippen molar-refractivity contribution in [3.05, 3.63) is 68.0 Å². The summed E-state index contributed by atoms with van der Waals surface area (Å²) in [6.45, 7) is 0. The van der Waals surface area contributed by atoms with Crippen molar-refractivity contribution in [3.8, 4) is 0 Å². The monoisotopic (exact) mass is 361 g/mol. The maximum absolute atomic E-state index is 12.8. The second-order valence-electron chi connectivity index (χ2n) is 3.70. The van der Waals surface area contributed by atoms with E-state index in [4.69, 9.17) is 17.3 Å². The first-order chi connectivity index (χ1) is 8.08. The van der Waals surface area contributed by atoms with Crippen LogP contribution in [0.3, 0.4) is 0 Å². The quantitative estimate of drug-likeness (QED) is 0.800. The molecule has 0 fully saturated rings. The van der Waals surface area contributed by atoms with E-state index in [1.165, 1.54) is 12.1 Å². The summed E-state index contributed by atoms with van der Waals surface area (Å²) in [6.07, 6.45) is 0. The minimum Gasteiger partial charge on any atom is -0.320 e. The fraction of sp³-hybridized carbons (Fsp3) is 0.0769. The molecule has 2 rings (SSSR count). The fourth-order valence-electron chi connectivity index (χ4n) is 1.60. The molecule has 0 aliphatic heterocycles. The Morgan fingerprint density at radius 1 is 1.12 bits per heavy atom. The van der Waals surface area contributed by atoms with Gasteiger partial charge in [0.05, 0.1) is 6.04 Å². The average Bonchev–Trinajstić information content (AvgIpc) is 2.32. The topological polar surface area (TPSA) is 26.0 Å². The van der Waals surface area contributed by atoms with Crippen LogP contribution in [-0.2, 0) is 0 Å². The maximum Gasteiger partial charge on any atom is 0.123 e. The Labute approximate surface area is 118 Å². The van der Waals surface area contributed by atoms with Crippen molar-refractivity contribution >= 4 is 34.2 Å². The smallest absolute Gasteiger partial charge is 0.123 e. The minimum atomic E-state index is -0.291. The molecular weight excluding hydrogens is 352 g/mol. The van der Waals surface area contributed by atoms with Crippen molar-refractivity contribution in [2.24, 2.45) is 5.73 Å². The number of hydrogen-bond acceptors (Lipinski definition) is 1. The Morgan fingerprint density at radius 3 is 2.41 bits per heavy atom. The van der Waals surface area contributed by atoms with Crippen LogP contribution in [0.1, 0.15) is 17.2 Å². The predicted octanol–water partition coefficient (Wildman–Crippen LogP) is 4.13. The van der Waals surface area contributed by atoms with Crippen molar-refractivity contribution < 1.29 is 4.39 Å². The zero-order chi connectivity index (χ0) is 12.4. The van der Waals surface area contributed by atoms with Crippen molar-refractivity contribution in [1.82, 2.24) is 0 Å². The summed E-state index contributed by atoms with van der Waals surface area (Å²) in [5, 5.41) is 0.651. The predicted molar refractivity (Wildman–Crippen MR) is 76.6 cm³/mol. The zero-order valence-electron chi connectivity index (χ0n) is 8.83. The first-order valence-corrected chi connectivity index (χ1v) is 6.49. The largest absolute Gasteiger partial charge is 0.320 e. The molecule has 4 heteroatoms. The molecule has 2 aromatic rings. The molecule has 0 aromatic heterocycles. The van der Waals surface area contributed by atoms with Gasteiger partial charge in [0.15, 0.2) is 0 Å². The van der Waals surface area contributed by atoms with Gasteiger partial charge in [-0.1, -0.05) is 23.7 Å². The SMILES string of the molecule is NC(c1ccc(F)cc1)c1cc(Cl)ccc1I. The van der Waals surface area contributed by atoms with Gasteiger partial charge in [0, 0.05) is 8.59 Å². The Bertz CT molecular complexity index is 527. The third kappa shape index (κ3) is 2.97. The van der Waals surface area contributed by atoms with Crippen LogP contribution >= 0.6 is 34.2 Å². The molecule has 1 nitrogen and oxygen atoms in total. The first kappa shape index (κ1) is 12.8. The van der Waals surface area contributed by atoms with Crippen LogP contribution in [0.4, 0.5) is 4.39 Å².